The molecule has 0 saturated heterocycles. The van der Waals surface area contributed by atoms with Crippen molar-refractivity contribution in [3.63, 3.8) is 0 Å². The summed E-state index contributed by atoms with van der Waals surface area (Å²) in [5.74, 6) is 1.17. The van der Waals surface area contributed by atoms with Crippen molar-refractivity contribution in [2.45, 2.75) is 52.5 Å². The van der Waals surface area contributed by atoms with Crippen LogP contribution in [0.15, 0.2) is 0 Å². The number of hydrogen-bond acceptors (Lipinski definition) is 2. The van der Waals surface area contributed by atoms with Crippen LogP contribution < -0.4 is 5.32 Å². The van der Waals surface area contributed by atoms with Crippen molar-refractivity contribution in [1.29, 1.82) is 0 Å². The van der Waals surface area contributed by atoms with Crippen molar-refractivity contribution < 1.29 is 9.59 Å². The third kappa shape index (κ3) is 4.45. The molecular formula is C12H21NO2. The highest BCUT2D eigenvalue weighted by molar-refractivity contribution is 5.96. The number of carbonyl (C=O) groups excluding carboxylic acids is 2. The van der Waals surface area contributed by atoms with Gasteiger partial charge in [-0.05, 0) is 38.0 Å². The van der Waals surface area contributed by atoms with Crippen LogP contribution in [0.4, 0.5) is 0 Å². The highest BCUT2D eigenvalue weighted by atomic mass is 16.2. The second-order valence-electron chi connectivity index (χ2n) is 5.06. The molecule has 0 aromatic rings. The summed E-state index contributed by atoms with van der Waals surface area (Å²) in [6, 6.07) is 0.274. The fourth-order valence-electron chi connectivity index (χ4n) is 2.57. The van der Waals surface area contributed by atoms with Gasteiger partial charge in [-0.3, -0.25) is 9.59 Å². The van der Waals surface area contributed by atoms with Crippen LogP contribution in [0.25, 0.3) is 0 Å². The molecule has 1 saturated carbocycles. The van der Waals surface area contributed by atoms with E-state index in [1.807, 2.05) is 0 Å². The van der Waals surface area contributed by atoms with Gasteiger partial charge in [-0.1, -0.05) is 13.8 Å². The number of nitrogens with one attached hydrogen (secondary N) is 1. The molecule has 1 aliphatic carbocycles. The van der Waals surface area contributed by atoms with E-state index in [2.05, 4.69) is 19.2 Å². The number of hydrogen-bond donors (Lipinski definition) is 1. The molecule has 1 rings (SSSR count). The Hall–Kier alpha value is -0.860. The Morgan fingerprint density at radius 2 is 1.67 bits per heavy atom. The third-order valence-electron chi connectivity index (χ3n) is 2.95. The van der Waals surface area contributed by atoms with Gasteiger partial charge < -0.3 is 5.32 Å². The predicted molar refractivity (Wildman–Crippen MR) is 59.4 cm³/mol. The highest BCUT2D eigenvalue weighted by Gasteiger charge is 2.24. The molecule has 0 bridgehead atoms. The van der Waals surface area contributed by atoms with Gasteiger partial charge >= 0.3 is 0 Å². The topological polar surface area (TPSA) is 46.2 Å². The van der Waals surface area contributed by atoms with Crippen LogP contribution in [0.5, 0.6) is 0 Å². The number of rotatable bonds is 3. The SMILES string of the molecule is CC(=O)CC(=O)NC1CC(C)CC(C)C1. The van der Waals surface area contributed by atoms with Crippen molar-refractivity contribution >= 4 is 11.7 Å². The summed E-state index contributed by atoms with van der Waals surface area (Å²) in [5.41, 5.74) is 0. The summed E-state index contributed by atoms with van der Waals surface area (Å²) < 4.78 is 0. The molecule has 0 aromatic carbocycles. The summed E-state index contributed by atoms with van der Waals surface area (Å²) in [6.07, 6.45) is 3.38. The van der Waals surface area contributed by atoms with Gasteiger partial charge in [0.1, 0.15) is 5.78 Å². The Balaban J connectivity index is 2.37. The van der Waals surface area contributed by atoms with E-state index in [1.165, 1.54) is 13.3 Å². The van der Waals surface area contributed by atoms with Crippen LogP contribution in [0.3, 0.4) is 0 Å². The van der Waals surface area contributed by atoms with Crippen molar-refractivity contribution in [3.8, 4) is 0 Å². The first kappa shape index (κ1) is 12.2. The molecule has 3 nitrogen and oxygen atoms in total. The quantitative estimate of drug-likeness (QED) is 0.725. The summed E-state index contributed by atoms with van der Waals surface area (Å²) in [6.45, 7) is 5.89. The third-order valence-corrected chi connectivity index (χ3v) is 2.95. The molecule has 2 unspecified atom stereocenters. The maximum atomic E-state index is 11.4. The Bertz CT molecular complexity index is 240. The smallest absolute Gasteiger partial charge is 0.227 e. The van der Waals surface area contributed by atoms with E-state index in [0.29, 0.717) is 11.8 Å². The van der Waals surface area contributed by atoms with Gasteiger partial charge in [0.25, 0.3) is 0 Å². The van der Waals surface area contributed by atoms with Gasteiger partial charge in [0.15, 0.2) is 0 Å². The average molecular weight is 211 g/mol. The molecular weight excluding hydrogens is 190 g/mol. The van der Waals surface area contributed by atoms with Crippen LogP contribution >= 0.6 is 0 Å². The van der Waals surface area contributed by atoms with Crippen molar-refractivity contribution in [1.82, 2.24) is 5.32 Å². The second kappa shape index (κ2) is 5.29. The lowest BCUT2D eigenvalue weighted by atomic mass is 9.80. The summed E-state index contributed by atoms with van der Waals surface area (Å²) in [7, 11) is 0. The second-order valence-corrected chi connectivity index (χ2v) is 5.06. The van der Waals surface area contributed by atoms with Gasteiger partial charge in [0, 0.05) is 6.04 Å². The Kier molecular flexibility index (Phi) is 4.30. The predicted octanol–water partition coefficient (Wildman–Crippen LogP) is 1.91. The normalized spacial score (nSPS) is 31.0. The molecule has 3 heteroatoms. The van der Waals surface area contributed by atoms with Gasteiger partial charge in [0.2, 0.25) is 5.91 Å². The van der Waals surface area contributed by atoms with Crippen molar-refractivity contribution in [3.05, 3.63) is 0 Å². The Morgan fingerprint density at radius 3 is 2.13 bits per heavy atom. The Morgan fingerprint density at radius 1 is 1.13 bits per heavy atom. The maximum Gasteiger partial charge on any atom is 0.227 e. The van der Waals surface area contributed by atoms with Gasteiger partial charge in [0.05, 0.1) is 6.42 Å². The largest absolute Gasteiger partial charge is 0.353 e. The zero-order chi connectivity index (χ0) is 11.4. The summed E-state index contributed by atoms with van der Waals surface area (Å²) in [4.78, 5) is 22.2. The number of carbonyl (C=O) groups is 2. The lowest BCUT2D eigenvalue weighted by Crippen LogP contribution is -2.40. The molecule has 2 atom stereocenters. The minimum atomic E-state index is -0.117. The first-order valence-electron chi connectivity index (χ1n) is 5.76. The van der Waals surface area contributed by atoms with Gasteiger partial charge in [-0.15, -0.1) is 0 Å². The highest BCUT2D eigenvalue weighted by Crippen LogP contribution is 2.28. The molecule has 1 amide bonds. The summed E-state index contributed by atoms with van der Waals surface area (Å²) >= 11 is 0. The molecule has 1 N–H and O–H groups in total. The molecule has 15 heavy (non-hydrogen) atoms. The molecule has 0 radical (unpaired) electrons. The summed E-state index contributed by atoms with van der Waals surface area (Å²) in [5, 5.41) is 2.95. The minimum absolute atomic E-state index is 0.0270. The van der Waals surface area contributed by atoms with E-state index in [9.17, 15) is 9.59 Å². The van der Waals surface area contributed by atoms with Crippen molar-refractivity contribution in [2.24, 2.45) is 11.8 Å². The molecule has 0 heterocycles. The number of amides is 1. The average Bonchev–Trinajstić information content (AvgIpc) is 1.98. The van der Waals surface area contributed by atoms with Crippen LogP contribution in [0, 0.1) is 11.8 Å². The zero-order valence-electron chi connectivity index (χ0n) is 9.88. The molecule has 0 aromatic heterocycles. The molecule has 1 aliphatic rings. The van der Waals surface area contributed by atoms with E-state index >= 15 is 0 Å². The van der Waals surface area contributed by atoms with E-state index < -0.39 is 0 Å². The van der Waals surface area contributed by atoms with E-state index in [4.69, 9.17) is 0 Å². The fraction of sp³-hybridized carbons (Fsp3) is 0.833. The lowest BCUT2D eigenvalue weighted by molar-refractivity contribution is -0.127. The molecule has 86 valence electrons. The Labute approximate surface area is 91.6 Å². The van der Waals surface area contributed by atoms with E-state index in [1.54, 1.807) is 0 Å². The number of Topliss-reactive ketones (excluding diaryl/α,β-unsaturated/α-hetero) is 1. The fourth-order valence-corrected chi connectivity index (χ4v) is 2.57. The molecule has 1 fully saturated rings. The molecule has 0 spiro atoms. The maximum absolute atomic E-state index is 11.4. The lowest BCUT2D eigenvalue weighted by Gasteiger charge is -2.31. The van der Waals surface area contributed by atoms with E-state index in [-0.39, 0.29) is 24.2 Å². The van der Waals surface area contributed by atoms with Gasteiger partial charge in [-0.25, -0.2) is 0 Å². The van der Waals surface area contributed by atoms with Crippen LogP contribution in [0.1, 0.15) is 46.5 Å². The van der Waals surface area contributed by atoms with Crippen molar-refractivity contribution in [2.75, 3.05) is 0 Å². The monoisotopic (exact) mass is 211 g/mol. The van der Waals surface area contributed by atoms with Crippen LogP contribution in [-0.4, -0.2) is 17.7 Å². The van der Waals surface area contributed by atoms with Crippen LogP contribution in [-0.2, 0) is 9.59 Å². The van der Waals surface area contributed by atoms with Gasteiger partial charge in [-0.2, -0.15) is 0 Å². The minimum Gasteiger partial charge on any atom is -0.353 e. The first-order chi connectivity index (χ1) is 6.97. The molecule has 0 aliphatic heterocycles. The van der Waals surface area contributed by atoms with E-state index in [0.717, 1.165) is 12.8 Å². The zero-order valence-corrected chi connectivity index (χ0v) is 9.88. The van der Waals surface area contributed by atoms with Crippen LogP contribution in [0.2, 0.25) is 0 Å². The standard InChI is InChI=1S/C12H21NO2/c1-8-4-9(2)6-11(5-8)13-12(15)7-10(3)14/h8-9,11H,4-7H2,1-3H3,(H,13,15). The first-order valence-corrected chi connectivity index (χ1v) is 5.76. The number of ketones is 1.